The third-order valence-electron chi connectivity index (χ3n) is 3.15. The SMILES string of the molecule is O=C(CSCc1coc(-c2cccc(F)c2)n1)NCc1ccco1. The molecule has 0 saturated heterocycles. The molecule has 5 nitrogen and oxygen atoms in total. The zero-order chi connectivity index (χ0) is 16.8. The quantitative estimate of drug-likeness (QED) is 0.708. The van der Waals surface area contributed by atoms with Gasteiger partial charge >= 0.3 is 0 Å². The monoisotopic (exact) mass is 346 g/mol. The van der Waals surface area contributed by atoms with Gasteiger partial charge in [0.15, 0.2) is 0 Å². The average Bonchev–Trinajstić information content (AvgIpc) is 3.25. The van der Waals surface area contributed by atoms with Crippen LogP contribution in [0, 0.1) is 5.82 Å². The van der Waals surface area contributed by atoms with Crippen LogP contribution in [0.1, 0.15) is 11.5 Å². The van der Waals surface area contributed by atoms with Crippen molar-refractivity contribution >= 4 is 17.7 Å². The van der Waals surface area contributed by atoms with Gasteiger partial charge in [-0.15, -0.1) is 11.8 Å². The first kappa shape index (κ1) is 16.3. The number of halogens is 1. The maximum Gasteiger partial charge on any atom is 0.230 e. The lowest BCUT2D eigenvalue weighted by Crippen LogP contribution is -2.24. The molecule has 0 bridgehead atoms. The lowest BCUT2D eigenvalue weighted by molar-refractivity contribution is -0.118. The fourth-order valence-corrected chi connectivity index (χ4v) is 2.76. The number of oxazole rings is 1. The number of nitrogens with one attached hydrogen (secondary N) is 1. The number of amides is 1. The van der Waals surface area contributed by atoms with E-state index in [0.717, 1.165) is 0 Å². The molecule has 1 amide bonds. The molecule has 0 unspecified atom stereocenters. The molecular formula is C17H15FN2O3S. The Morgan fingerprint density at radius 1 is 1.25 bits per heavy atom. The number of aromatic nitrogens is 1. The summed E-state index contributed by atoms with van der Waals surface area (Å²) in [5, 5.41) is 2.77. The third kappa shape index (κ3) is 4.48. The maximum absolute atomic E-state index is 13.2. The number of carbonyl (C=O) groups is 1. The van der Waals surface area contributed by atoms with Crippen LogP contribution in [0.15, 0.2) is 57.8 Å². The predicted octanol–water partition coefficient (Wildman–Crippen LogP) is 3.62. The highest BCUT2D eigenvalue weighted by Crippen LogP contribution is 2.21. The number of nitrogens with zero attached hydrogens (tertiary/aromatic N) is 1. The van der Waals surface area contributed by atoms with Crippen molar-refractivity contribution in [2.75, 3.05) is 5.75 Å². The van der Waals surface area contributed by atoms with Crippen molar-refractivity contribution in [1.82, 2.24) is 10.3 Å². The van der Waals surface area contributed by atoms with Crippen molar-refractivity contribution in [2.24, 2.45) is 0 Å². The molecule has 24 heavy (non-hydrogen) atoms. The minimum atomic E-state index is -0.338. The lowest BCUT2D eigenvalue weighted by Gasteiger charge is -2.02. The summed E-state index contributed by atoms with van der Waals surface area (Å²) in [6.45, 7) is 0.375. The van der Waals surface area contributed by atoms with Gasteiger partial charge in [0.1, 0.15) is 17.8 Å². The number of thioether (sulfide) groups is 1. The van der Waals surface area contributed by atoms with Gasteiger partial charge in [-0.05, 0) is 30.3 Å². The fourth-order valence-electron chi connectivity index (χ4n) is 2.03. The van der Waals surface area contributed by atoms with Gasteiger partial charge < -0.3 is 14.2 Å². The topological polar surface area (TPSA) is 68.3 Å². The molecular weight excluding hydrogens is 331 g/mol. The second kappa shape index (κ2) is 7.83. The third-order valence-corrected chi connectivity index (χ3v) is 4.11. The van der Waals surface area contributed by atoms with Crippen molar-refractivity contribution in [3.05, 3.63) is 66.2 Å². The van der Waals surface area contributed by atoms with E-state index in [0.29, 0.717) is 41.0 Å². The van der Waals surface area contributed by atoms with Gasteiger partial charge in [0.05, 0.1) is 24.3 Å². The summed E-state index contributed by atoms with van der Waals surface area (Å²) in [6, 6.07) is 9.64. The van der Waals surface area contributed by atoms with Crippen molar-refractivity contribution < 1.29 is 18.0 Å². The van der Waals surface area contributed by atoms with Crippen LogP contribution in [0.25, 0.3) is 11.5 Å². The van der Waals surface area contributed by atoms with E-state index in [1.807, 2.05) is 0 Å². The van der Waals surface area contributed by atoms with Gasteiger partial charge in [0, 0.05) is 11.3 Å². The van der Waals surface area contributed by atoms with Crippen LogP contribution in [0.3, 0.4) is 0 Å². The average molecular weight is 346 g/mol. The van der Waals surface area contributed by atoms with Crippen molar-refractivity contribution in [1.29, 1.82) is 0 Å². The van der Waals surface area contributed by atoms with Gasteiger partial charge in [-0.25, -0.2) is 9.37 Å². The van der Waals surface area contributed by atoms with Gasteiger partial charge in [0.2, 0.25) is 11.8 Å². The molecule has 0 aliphatic carbocycles. The molecule has 3 aromatic rings. The van der Waals surface area contributed by atoms with Crippen LogP contribution in [0.2, 0.25) is 0 Å². The Balaban J connectivity index is 1.44. The van der Waals surface area contributed by atoms with Crippen molar-refractivity contribution in [3.63, 3.8) is 0 Å². The van der Waals surface area contributed by atoms with E-state index in [9.17, 15) is 9.18 Å². The molecule has 3 rings (SSSR count). The molecule has 1 N–H and O–H groups in total. The minimum absolute atomic E-state index is 0.0785. The molecule has 0 saturated carbocycles. The smallest absolute Gasteiger partial charge is 0.230 e. The number of hydrogen-bond donors (Lipinski definition) is 1. The van der Waals surface area contributed by atoms with E-state index in [2.05, 4.69) is 10.3 Å². The van der Waals surface area contributed by atoms with E-state index >= 15 is 0 Å². The molecule has 124 valence electrons. The summed E-state index contributed by atoms with van der Waals surface area (Å²) in [7, 11) is 0. The second-order valence-corrected chi connectivity index (χ2v) is 5.99. The Kier molecular flexibility index (Phi) is 5.32. The Bertz CT molecular complexity index is 802. The van der Waals surface area contributed by atoms with Crippen LogP contribution in [0.5, 0.6) is 0 Å². The second-order valence-electron chi connectivity index (χ2n) is 5.00. The number of carbonyl (C=O) groups excluding carboxylic acids is 1. The van der Waals surface area contributed by atoms with Crippen molar-refractivity contribution in [2.45, 2.75) is 12.3 Å². The van der Waals surface area contributed by atoms with Crippen molar-refractivity contribution in [3.8, 4) is 11.5 Å². The molecule has 0 aliphatic rings. The fraction of sp³-hybridized carbons (Fsp3) is 0.176. The van der Waals surface area contributed by atoms with Gasteiger partial charge in [-0.3, -0.25) is 4.79 Å². The highest BCUT2D eigenvalue weighted by Gasteiger charge is 2.09. The Labute approximate surface area is 142 Å². The molecule has 0 radical (unpaired) electrons. The first-order chi connectivity index (χ1) is 11.7. The molecule has 2 heterocycles. The summed E-state index contributed by atoms with van der Waals surface area (Å²) in [5.74, 6) is 1.51. The summed E-state index contributed by atoms with van der Waals surface area (Å²) < 4.78 is 23.7. The van der Waals surface area contributed by atoms with E-state index in [1.54, 1.807) is 30.5 Å². The van der Waals surface area contributed by atoms with E-state index < -0.39 is 0 Å². The highest BCUT2D eigenvalue weighted by atomic mass is 32.2. The van der Waals surface area contributed by atoms with Crippen LogP contribution in [0.4, 0.5) is 4.39 Å². The first-order valence-corrected chi connectivity index (χ1v) is 8.43. The van der Waals surface area contributed by atoms with Crippen LogP contribution < -0.4 is 5.32 Å². The minimum Gasteiger partial charge on any atom is -0.467 e. The zero-order valence-corrected chi connectivity index (χ0v) is 13.5. The first-order valence-electron chi connectivity index (χ1n) is 7.28. The lowest BCUT2D eigenvalue weighted by atomic mass is 10.2. The zero-order valence-electron chi connectivity index (χ0n) is 12.7. The largest absolute Gasteiger partial charge is 0.467 e. The van der Waals surface area contributed by atoms with Gasteiger partial charge in [-0.2, -0.15) is 0 Å². The Hall–Kier alpha value is -2.54. The molecule has 0 aliphatic heterocycles. The predicted molar refractivity (Wildman–Crippen MR) is 88.6 cm³/mol. The molecule has 7 heteroatoms. The summed E-state index contributed by atoms with van der Waals surface area (Å²) >= 11 is 1.42. The number of furan rings is 1. The van der Waals surface area contributed by atoms with E-state index in [-0.39, 0.29) is 11.7 Å². The normalized spacial score (nSPS) is 10.7. The standard InChI is InChI=1S/C17H15FN2O3S/c18-13-4-1-3-12(7-13)17-20-14(9-23-17)10-24-11-16(21)19-8-15-5-2-6-22-15/h1-7,9H,8,10-11H2,(H,19,21). The summed E-state index contributed by atoms with van der Waals surface area (Å²) in [5.41, 5.74) is 1.29. The van der Waals surface area contributed by atoms with E-state index in [1.165, 1.54) is 30.2 Å². The number of rotatable bonds is 7. The Morgan fingerprint density at radius 3 is 2.96 bits per heavy atom. The Morgan fingerprint density at radius 2 is 2.17 bits per heavy atom. The number of hydrogen-bond acceptors (Lipinski definition) is 5. The molecule has 0 spiro atoms. The molecule has 0 fully saturated rings. The highest BCUT2D eigenvalue weighted by molar-refractivity contribution is 7.99. The molecule has 2 aromatic heterocycles. The van der Waals surface area contributed by atoms with Gasteiger partial charge in [-0.1, -0.05) is 6.07 Å². The maximum atomic E-state index is 13.2. The summed E-state index contributed by atoms with van der Waals surface area (Å²) in [4.78, 5) is 16.0. The van der Waals surface area contributed by atoms with Gasteiger partial charge in [0.25, 0.3) is 0 Å². The molecule has 1 aromatic carbocycles. The molecule has 0 atom stereocenters. The number of benzene rings is 1. The van der Waals surface area contributed by atoms with E-state index in [4.69, 9.17) is 8.83 Å². The summed E-state index contributed by atoms with van der Waals surface area (Å²) in [6.07, 6.45) is 3.09. The van der Waals surface area contributed by atoms with Crippen LogP contribution in [-0.2, 0) is 17.1 Å². The van der Waals surface area contributed by atoms with Crippen LogP contribution >= 0.6 is 11.8 Å². The van der Waals surface area contributed by atoms with Crippen LogP contribution in [-0.4, -0.2) is 16.6 Å².